The monoisotopic (exact) mass is 269 g/mol. The minimum Gasteiger partial charge on any atom is -0.335 e. The summed E-state index contributed by atoms with van der Waals surface area (Å²) < 4.78 is 2.24. The van der Waals surface area contributed by atoms with E-state index in [2.05, 4.69) is 46.9 Å². The number of hydrogen-bond donors (Lipinski definition) is 1. The smallest absolute Gasteiger partial charge is 0.110 e. The van der Waals surface area contributed by atoms with E-state index in [0.717, 1.165) is 31.6 Å². The summed E-state index contributed by atoms with van der Waals surface area (Å²) in [6, 6.07) is 8.89. The summed E-state index contributed by atoms with van der Waals surface area (Å²) in [5, 5.41) is 0. The lowest BCUT2D eigenvalue weighted by Crippen LogP contribution is -2.30. The first-order valence-electron chi connectivity index (χ1n) is 7.63. The first-order chi connectivity index (χ1) is 9.79. The molecule has 2 atom stereocenters. The van der Waals surface area contributed by atoms with Crippen LogP contribution in [0.15, 0.2) is 36.7 Å². The number of aryl methyl sites for hydroxylation is 2. The number of aromatic nitrogens is 2. The maximum Gasteiger partial charge on any atom is 0.110 e. The van der Waals surface area contributed by atoms with Gasteiger partial charge in [-0.1, -0.05) is 31.2 Å². The molecule has 0 bridgehead atoms. The molecule has 20 heavy (non-hydrogen) atoms. The first-order valence-corrected chi connectivity index (χ1v) is 7.63. The lowest BCUT2D eigenvalue weighted by atomic mass is 9.91. The van der Waals surface area contributed by atoms with Crippen LogP contribution in [-0.4, -0.2) is 15.6 Å². The predicted octanol–water partition coefficient (Wildman–Crippen LogP) is 2.89. The van der Waals surface area contributed by atoms with Crippen molar-refractivity contribution >= 4 is 0 Å². The zero-order valence-electron chi connectivity index (χ0n) is 12.1. The van der Waals surface area contributed by atoms with E-state index in [0.29, 0.717) is 5.92 Å². The van der Waals surface area contributed by atoms with E-state index in [1.54, 1.807) is 0 Å². The Balaban J connectivity index is 1.74. The number of hydrogen-bond acceptors (Lipinski definition) is 2. The van der Waals surface area contributed by atoms with Gasteiger partial charge in [-0.05, 0) is 30.4 Å². The highest BCUT2D eigenvalue weighted by Crippen LogP contribution is 2.35. The van der Waals surface area contributed by atoms with Crippen LogP contribution in [0.5, 0.6) is 0 Å². The molecule has 0 amide bonds. The summed E-state index contributed by atoms with van der Waals surface area (Å²) in [6.45, 7) is 3.22. The van der Waals surface area contributed by atoms with Crippen molar-refractivity contribution in [2.45, 2.75) is 51.1 Å². The van der Waals surface area contributed by atoms with Gasteiger partial charge < -0.3 is 10.3 Å². The molecule has 0 fully saturated rings. The van der Waals surface area contributed by atoms with Gasteiger partial charge in [-0.25, -0.2) is 4.98 Å². The van der Waals surface area contributed by atoms with Crippen molar-refractivity contribution in [3.8, 4) is 0 Å². The Hall–Kier alpha value is -1.61. The second kappa shape index (κ2) is 5.80. The summed E-state index contributed by atoms with van der Waals surface area (Å²) >= 11 is 0. The molecular formula is C17H23N3. The number of nitrogens with zero attached hydrogens (tertiary/aromatic N) is 2. The SMILES string of the molecule is CCCn1ccnc1CC(N)C1CCc2ccccc21. The van der Waals surface area contributed by atoms with Crippen molar-refractivity contribution in [1.29, 1.82) is 0 Å². The van der Waals surface area contributed by atoms with Crippen molar-refractivity contribution < 1.29 is 0 Å². The molecule has 0 aliphatic heterocycles. The summed E-state index contributed by atoms with van der Waals surface area (Å²) in [5.74, 6) is 1.61. The fourth-order valence-corrected chi connectivity index (χ4v) is 3.36. The third-order valence-electron chi connectivity index (χ3n) is 4.38. The molecule has 1 aromatic carbocycles. The minimum absolute atomic E-state index is 0.164. The van der Waals surface area contributed by atoms with Crippen LogP contribution in [0.25, 0.3) is 0 Å². The maximum absolute atomic E-state index is 6.50. The molecule has 1 heterocycles. The molecule has 1 aliphatic rings. The number of benzene rings is 1. The Morgan fingerprint density at radius 1 is 1.40 bits per heavy atom. The van der Waals surface area contributed by atoms with E-state index in [1.807, 2.05) is 6.20 Å². The van der Waals surface area contributed by atoms with Gasteiger partial charge in [0.1, 0.15) is 5.82 Å². The van der Waals surface area contributed by atoms with Crippen molar-refractivity contribution in [3.63, 3.8) is 0 Å². The Bertz CT molecular complexity index is 573. The third kappa shape index (κ3) is 2.50. The molecule has 0 spiro atoms. The van der Waals surface area contributed by atoms with E-state index in [1.165, 1.54) is 17.5 Å². The van der Waals surface area contributed by atoms with Crippen LogP contribution >= 0.6 is 0 Å². The Morgan fingerprint density at radius 2 is 2.25 bits per heavy atom. The van der Waals surface area contributed by atoms with Gasteiger partial charge >= 0.3 is 0 Å². The zero-order valence-corrected chi connectivity index (χ0v) is 12.1. The third-order valence-corrected chi connectivity index (χ3v) is 4.38. The Morgan fingerprint density at radius 3 is 3.10 bits per heavy atom. The highest BCUT2D eigenvalue weighted by atomic mass is 15.1. The topological polar surface area (TPSA) is 43.8 Å². The first kappa shape index (κ1) is 13.4. The minimum atomic E-state index is 0.164. The van der Waals surface area contributed by atoms with Gasteiger partial charge in [0.2, 0.25) is 0 Å². The molecule has 3 rings (SSSR count). The second-order valence-corrected chi connectivity index (χ2v) is 5.75. The molecule has 0 saturated heterocycles. The van der Waals surface area contributed by atoms with Gasteiger partial charge in [0.25, 0.3) is 0 Å². The zero-order chi connectivity index (χ0) is 13.9. The van der Waals surface area contributed by atoms with E-state index < -0.39 is 0 Å². The highest BCUT2D eigenvalue weighted by Gasteiger charge is 2.28. The van der Waals surface area contributed by atoms with Crippen molar-refractivity contribution in [2.24, 2.45) is 5.73 Å². The Labute approximate surface area is 120 Å². The highest BCUT2D eigenvalue weighted by molar-refractivity contribution is 5.36. The quantitative estimate of drug-likeness (QED) is 0.907. The van der Waals surface area contributed by atoms with Gasteiger partial charge in [-0.2, -0.15) is 0 Å². The van der Waals surface area contributed by atoms with Crippen LogP contribution in [0.1, 0.15) is 42.6 Å². The normalized spacial score (nSPS) is 19.0. The molecule has 2 N–H and O–H groups in total. The fraction of sp³-hybridized carbons (Fsp3) is 0.471. The van der Waals surface area contributed by atoms with Crippen molar-refractivity contribution in [2.75, 3.05) is 0 Å². The number of nitrogens with two attached hydrogens (primary N) is 1. The molecule has 0 saturated carbocycles. The average Bonchev–Trinajstić information content (AvgIpc) is 3.06. The lowest BCUT2D eigenvalue weighted by Gasteiger charge is -2.20. The fourth-order valence-electron chi connectivity index (χ4n) is 3.36. The average molecular weight is 269 g/mol. The molecule has 1 aromatic heterocycles. The molecule has 3 nitrogen and oxygen atoms in total. The largest absolute Gasteiger partial charge is 0.335 e. The predicted molar refractivity (Wildman–Crippen MR) is 81.7 cm³/mol. The maximum atomic E-state index is 6.50. The van der Waals surface area contributed by atoms with Gasteiger partial charge in [-0.3, -0.25) is 0 Å². The van der Waals surface area contributed by atoms with Crippen LogP contribution in [0.2, 0.25) is 0 Å². The van der Waals surface area contributed by atoms with Gasteiger partial charge in [0.15, 0.2) is 0 Å². The Kier molecular flexibility index (Phi) is 3.88. The molecular weight excluding hydrogens is 246 g/mol. The van der Waals surface area contributed by atoms with Crippen LogP contribution in [0.4, 0.5) is 0 Å². The van der Waals surface area contributed by atoms with E-state index in [4.69, 9.17) is 5.73 Å². The van der Waals surface area contributed by atoms with E-state index in [-0.39, 0.29) is 6.04 Å². The summed E-state index contributed by atoms with van der Waals surface area (Å²) in [5.41, 5.74) is 9.43. The summed E-state index contributed by atoms with van der Waals surface area (Å²) in [4.78, 5) is 4.49. The van der Waals surface area contributed by atoms with Gasteiger partial charge in [-0.15, -0.1) is 0 Å². The molecule has 3 heteroatoms. The van der Waals surface area contributed by atoms with Crippen LogP contribution < -0.4 is 5.73 Å². The lowest BCUT2D eigenvalue weighted by molar-refractivity contribution is 0.500. The molecule has 2 unspecified atom stereocenters. The molecule has 106 valence electrons. The van der Waals surface area contributed by atoms with Gasteiger partial charge in [0.05, 0.1) is 0 Å². The van der Waals surface area contributed by atoms with E-state index >= 15 is 0 Å². The van der Waals surface area contributed by atoms with Crippen LogP contribution in [0.3, 0.4) is 0 Å². The van der Waals surface area contributed by atoms with Gasteiger partial charge in [0, 0.05) is 37.3 Å². The summed E-state index contributed by atoms with van der Waals surface area (Å²) in [7, 11) is 0. The van der Waals surface area contributed by atoms with Crippen LogP contribution in [-0.2, 0) is 19.4 Å². The standard InChI is InChI=1S/C17H23N3/c1-2-10-20-11-9-19-17(20)12-16(18)15-8-7-13-5-3-4-6-14(13)15/h3-6,9,11,15-16H,2,7-8,10,12,18H2,1H3. The number of rotatable bonds is 5. The summed E-state index contributed by atoms with van der Waals surface area (Å²) in [6.07, 6.45) is 8.29. The molecule has 1 aliphatic carbocycles. The number of imidazole rings is 1. The molecule has 2 aromatic rings. The molecule has 0 radical (unpaired) electrons. The second-order valence-electron chi connectivity index (χ2n) is 5.75. The van der Waals surface area contributed by atoms with Crippen molar-refractivity contribution in [3.05, 3.63) is 53.6 Å². The number of fused-ring (bicyclic) bond motifs is 1. The van der Waals surface area contributed by atoms with Crippen LogP contribution in [0, 0.1) is 0 Å². The van der Waals surface area contributed by atoms with E-state index in [9.17, 15) is 0 Å². The van der Waals surface area contributed by atoms with Crippen molar-refractivity contribution in [1.82, 2.24) is 9.55 Å².